The molecule has 0 bridgehead atoms. The molecule has 1 saturated carbocycles. The van der Waals surface area contributed by atoms with E-state index in [1.807, 2.05) is 24.3 Å². The summed E-state index contributed by atoms with van der Waals surface area (Å²) in [5.41, 5.74) is 0.250. The molecule has 1 aromatic carbocycles. The van der Waals surface area contributed by atoms with Crippen LogP contribution in [-0.4, -0.2) is 22.1 Å². The number of carbonyl (C=O) groups is 1. The van der Waals surface area contributed by atoms with Crippen LogP contribution in [0.5, 0.6) is 0 Å². The van der Waals surface area contributed by atoms with E-state index in [-0.39, 0.29) is 5.56 Å². The van der Waals surface area contributed by atoms with Gasteiger partial charge in [0.05, 0.1) is 5.56 Å². The van der Waals surface area contributed by atoms with Gasteiger partial charge in [-0.15, -0.1) is 0 Å². The van der Waals surface area contributed by atoms with Gasteiger partial charge in [0.15, 0.2) is 0 Å². The van der Waals surface area contributed by atoms with Crippen LogP contribution >= 0.6 is 0 Å². The number of hydrogen-bond acceptors (Lipinski definition) is 3. The lowest BCUT2D eigenvalue weighted by Gasteiger charge is -2.09. The third kappa shape index (κ3) is 1.79. The summed E-state index contributed by atoms with van der Waals surface area (Å²) in [4.78, 5) is 15.4. The van der Waals surface area contributed by atoms with Gasteiger partial charge in [-0.05, 0) is 12.3 Å². The van der Waals surface area contributed by atoms with Crippen LogP contribution in [0.2, 0.25) is 0 Å². The topological polar surface area (TPSA) is 62.2 Å². The van der Waals surface area contributed by atoms with Gasteiger partial charge < -0.3 is 10.4 Å². The molecule has 0 spiro atoms. The largest absolute Gasteiger partial charge is 0.478 e. The van der Waals surface area contributed by atoms with Gasteiger partial charge >= 0.3 is 5.97 Å². The Labute approximate surface area is 105 Å². The average molecular weight is 242 g/mol. The fourth-order valence-electron chi connectivity index (χ4n) is 2.18. The molecule has 0 radical (unpaired) electrons. The molecule has 3 rings (SSSR count). The number of benzene rings is 1. The van der Waals surface area contributed by atoms with Crippen LogP contribution in [0.25, 0.3) is 10.8 Å². The van der Waals surface area contributed by atoms with Crippen LogP contribution < -0.4 is 5.32 Å². The van der Waals surface area contributed by atoms with Crippen LogP contribution in [-0.2, 0) is 0 Å². The fourth-order valence-corrected chi connectivity index (χ4v) is 2.18. The van der Waals surface area contributed by atoms with Gasteiger partial charge in [0.1, 0.15) is 5.82 Å². The molecular weight excluding hydrogens is 228 g/mol. The van der Waals surface area contributed by atoms with Crippen LogP contribution in [0.4, 0.5) is 5.82 Å². The molecular formula is C14H14N2O2. The van der Waals surface area contributed by atoms with E-state index in [0.29, 0.717) is 12.0 Å². The highest BCUT2D eigenvalue weighted by Gasteiger charge is 2.33. The molecule has 18 heavy (non-hydrogen) atoms. The van der Waals surface area contributed by atoms with Crippen molar-refractivity contribution in [3.05, 3.63) is 36.0 Å². The molecule has 1 heterocycles. The third-order valence-corrected chi connectivity index (χ3v) is 3.46. The van der Waals surface area contributed by atoms with E-state index in [4.69, 9.17) is 5.11 Å². The molecule has 0 amide bonds. The molecule has 4 heteroatoms. The molecule has 2 aromatic rings. The summed E-state index contributed by atoms with van der Waals surface area (Å²) in [6.45, 7) is 2.19. The molecule has 1 fully saturated rings. The first kappa shape index (κ1) is 11.0. The highest BCUT2D eigenvalue weighted by molar-refractivity contribution is 6.06. The van der Waals surface area contributed by atoms with E-state index < -0.39 is 5.97 Å². The monoisotopic (exact) mass is 242 g/mol. The molecule has 2 N–H and O–H groups in total. The molecule has 0 saturated heterocycles. The summed E-state index contributed by atoms with van der Waals surface area (Å²) < 4.78 is 0. The minimum atomic E-state index is -0.940. The normalized spacial score (nSPS) is 21.8. The summed E-state index contributed by atoms with van der Waals surface area (Å²) >= 11 is 0. The Morgan fingerprint density at radius 1 is 1.39 bits per heavy atom. The second-order valence-corrected chi connectivity index (χ2v) is 4.84. The first-order chi connectivity index (χ1) is 8.66. The van der Waals surface area contributed by atoms with Crippen LogP contribution in [0, 0.1) is 5.92 Å². The van der Waals surface area contributed by atoms with E-state index in [2.05, 4.69) is 17.2 Å². The van der Waals surface area contributed by atoms with Crippen molar-refractivity contribution in [3.63, 3.8) is 0 Å². The molecule has 0 aliphatic heterocycles. The van der Waals surface area contributed by atoms with E-state index in [0.717, 1.165) is 23.0 Å². The second kappa shape index (κ2) is 3.98. The predicted octanol–water partition coefficient (Wildman–Crippen LogP) is 2.75. The summed E-state index contributed by atoms with van der Waals surface area (Å²) in [7, 11) is 0. The smallest absolute Gasteiger partial charge is 0.337 e. The summed E-state index contributed by atoms with van der Waals surface area (Å²) in [6, 6.07) is 7.94. The molecule has 1 aliphatic carbocycles. The Hall–Kier alpha value is -2.10. The zero-order valence-electron chi connectivity index (χ0n) is 10.1. The van der Waals surface area contributed by atoms with Crippen LogP contribution in [0.1, 0.15) is 23.7 Å². The number of fused-ring (bicyclic) bond motifs is 1. The highest BCUT2D eigenvalue weighted by atomic mass is 16.4. The number of aromatic carboxylic acids is 1. The lowest BCUT2D eigenvalue weighted by Crippen LogP contribution is -2.07. The number of hydrogen-bond donors (Lipinski definition) is 2. The van der Waals surface area contributed by atoms with Crippen molar-refractivity contribution >= 4 is 22.6 Å². The van der Waals surface area contributed by atoms with Crippen molar-refractivity contribution in [3.8, 4) is 0 Å². The maximum absolute atomic E-state index is 11.2. The minimum Gasteiger partial charge on any atom is -0.478 e. The SMILES string of the molecule is CC1CC1Nc1ncc(C(=O)O)c2ccccc12. The van der Waals surface area contributed by atoms with Crippen molar-refractivity contribution in [1.82, 2.24) is 4.98 Å². The zero-order chi connectivity index (χ0) is 12.7. The van der Waals surface area contributed by atoms with Gasteiger partial charge in [0.2, 0.25) is 0 Å². The number of nitrogens with zero attached hydrogens (tertiary/aromatic N) is 1. The standard InChI is InChI=1S/C14H14N2O2/c1-8-6-12(8)16-13-10-5-3-2-4-9(10)11(7-15-13)14(17)18/h2-5,7-8,12H,6H2,1H3,(H,15,16)(H,17,18). The lowest BCUT2D eigenvalue weighted by atomic mass is 10.1. The first-order valence-electron chi connectivity index (χ1n) is 6.04. The molecule has 2 atom stereocenters. The van der Waals surface area contributed by atoms with Gasteiger partial charge in [-0.2, -0.15) is 0 Å². The third-order valence-electron chi connectivity index (χ3n) is 3.46. The van der Waals surface area contributed by atoms with E-state index in [1.165, 1.54) is 6.20 Å². The van der Waals surface area contributed by atoms with Crippen molar-refractivity contribution in [1.29, 1.82) is 0 Å². The van der Waals surface area contributed by atoms with Crippen LogP contribution in [0.15, 0.2) is 30.5 Å². The van der Waals surface area contributed by atoms with Gasteiger partial charge in [-0.3, -0.25) is 0 Å². The Morgan fingerprint density at radius 2 is 2.06 bits per heavy atom. The van der Waals surface area contributed by atoms with Gasteiger partial charge in [0.25, 0.3) is 0 Å². The minimum absolute atomic E-state index is 0.250. The number of pyridine rings is 1. The Morgan fingerprint density at radius 3 is 2.67 bits per heavy atom. The molecule has 92 valence electrons. The van der Waals surface area contributed by atoms with Crippen molar-refractivity contribution in [2.24, 2.45) is 5.92 Å². The molecule has 1 aliphatic rings. The number of carboxylic acid groups (broad SMARTS) is 1. The number of aromatic nitrogens is 1. The Kier molecular flexibility index (Phi) is 2.44. The second-order valence-electron chi connectivity index (χ2n) is 4.84. The number of carboxylic acids is 1. The average Bonchev–Trinajstić information content (AvgIpc) is 3.05. The number of nitrogens with one attached hydrogen (secondary N) is 1. The highest BCUT2D eigenvalue weighted by Crippen LogP contribution is 2.34. The van der Waals surface area contributed by atoms with Crippen molar-refractivity contribution < 1.29 is 9.90 Å². The predicted molar refractivity (Wildman–Crippen MR) is 69.9 cm³/mol. The van der Waals surface area contributed by atoms with Gasteiger partial charge in [0, 0.05) is 23.0 Å². The molecule has 2 unspecified atom stereocenters. The molecule has 1 aromatic heterocycles. The molecule has 4 nitrogen and oxygen atoms in total. The number of rotatable bonds is 3. The first-order valence-corrected chi connectivity index (χ1v) is 6.04. The van der Waals surface area contributed by atoms with Crippen molar-refractivity contribution in [2.45, 2.75) is 19.4 Å². The quantitative estimate of drug-likeness (QED) is 0.868. The maximum atomic E-state index is 11.2. The summed E-state index contributed by atoms with van der Waals surface area (Å²) in [5, 5.41) is 14.1. The lowest BCUT2D eigenvalue weighted by molar-refractivity contribution is 0.0698. The van der Waals surface area contributed by atoms with Crippen LogP contribution in [0.3, 0.4) is 0 Å². The van der Waals surface area contributed by atoms with E-state index in [1.54, 1.807) is 0 Å². The van der Waals surface area contributed by atoms with Gasteiger partial charge in [-0.1, -0.05) is 31.2 Å². The maximum Gasteiger partial charge on any atom is 0.337 e. The van der Waals surface area contributed by atoms with Crippen molar-refractivity contribution in [2.75, 3.05) is 5.32 Å². The van der Waals surface area contributed by atoms with E-state index >= 15 is 0 Å². The van der Waals surface area contributed by atoms with Gasteiger partial charge in [-0.25, -0.2) is 9.78 Å². The van der Waals surface area contributed by atoms with E-state index in [9.17, 15) is 4.79 Å². The zero-order valence-corrected chi connectivity index (χ0v) is 10.1. The fraction of sp³-hybridized carbons (Fsp3) is 0.286. The Balaban J connectivity index is 2.10. The Bertz CT molecular complexity index is 624. The summed E-state index contributed by atoms with van der Waals surface area (Å²) in [5.74, 6) is 0.514. The number of anilines is 1. The summed E-state index contributed by atoms with van der Waals surface area (Å²) in [6.07, 6.45) is 2.58.